The number of ether oxygens (including phenoxy) is 1. The van der Waals surface area contributed by atoms with Crippen LogP contribution in [0.15, 0.2) is 59.6 Å². The summed E-state index contributed by atoms with van der Waals surface area (Å²) in [5, 5.41) is 13.4. The number of aromatic nitrogens is 1. The molecule has 1 amide bonds. The molecule has 6 nitrogen and oxygen atoms in total. The number of nitrogens with zero attached hydrogens (tertiary/aromatic N) is 2. The molecule has 1 aromatic heterocycles. The Hall–Kier alpha value is -3.45. The van der Waals surface area contributed by atoms with Gasteiger partial charge in [-0.1, -0.05) is 29.8 Å². The van der Waals surface area contributed by atoms with E-state index in [1.54, 1.807) is 23.7 Å². The van der Waals surface area contributed by atoms with Gasteiger partial charge in [0.15, 0.2) is 5.13 Å². The first-order valence-electron chi connectivity index (χ1n) is 10.0. The van der Waals surface area contributed by atoms with Crippen LogP contribution in [0.1, 0.15) is 35.2 Å². The first-order valence-corrected chi connectivity index (χ1v) is 10.9. The predicted octanol–water partition coefficient (Wildman–Crippen LogP) is 4.40. The van der Waals surface area contributed by atoms with Crippen LogP contribution in [0, 0.1) is 6.92 Å². The SMILES string of the molecule is Cc1ccc([C@H]2/C(=C(\O)c3ccc4c(c3)C[C@@H](C)O4)C(=O)C(=O)N2c2nccs2)cc1. The van der Waals surface area contributed by atoms with Gasteiger partial charge in [0.2, 0.25) is 0 Å². The quantitative estimate of drug-likeness (QED) is 0.377. The third-order valence-corrected chi connectivity index (χ3v) is 6.40. The molecule has 2 aliphatic heterocycles. The summed E-state index contributed by atoms with van der Waals surface area (Å²) < 4.78 is 5.74. The van der Waals surface area contributed by atoms with Crippen LogP contribution in [-0.4, -0.2) is 27.9 Å². The zero-order valence-electron chi connectivity index (χ0n) is 17.0. The van der Waals surface area contributed by atoms with Crippen molar-refractivity contribution in [1.29, 1.82) is 0 Å². The number of thiazole rings is 1. The van der Waals surface area contributed by atoms with E-state index in [1.807, 2.05) is 44.2 Å². The predicted molar refractivity (Wildman–Crippen MR) is 118 cm³/mol. The zero-order chi connectivity index (χ0) is 21.7. The van der Waals surface area contributed by atoms with Gasteiger partial charge < -0.3 is 9.84 Å². The van der Waals surface area contributed by atoms with Gasteiger partial charge in [-0.25, -0.2) is 4.98 Å². The molecule has 2 aromatic carbocycles. The van der Waals surface area contributed by atoms with Crippen LogP contribution >= 0.6 is 11.3 Å². The fourth-order valence-electron chi connectivity index (χ4n) is 4.15. The smallest absolute Gasteiger partial charge is 0.301 e. The largest absolute Gasteiger partial charge is 0.507 e. The van der Waals surface area contributed by atoms with Crippen LogP contribution in [0.25, 0.3) is 5.76 Å². The minimum absolute atomic E-state index is 0.0652. The van der Waals surface area contributed by atoms with Crippen molar-refractivity contribution in [2.75, 3.05) is 4.90 Å². The Labute approximate surface area is 183 Å². The average molecular weight is 433 g/mol. The number of hydrogen-bond acceptors (Lipinski definition) is 6. The second-order valence-corrected chi connectivity index (χ2v) is 8.72. The lowest BCUT2D eigenvalue weighted by molar-refractivity contribution is -0.132. The van der Waals surface area contributed by atoms with E-state index in [9.17, 15) is 14.7 Å². The minimum atomic E-state index is -0.754. The maximum atomic E-state index is 13.1. The van der Waals surface area contributed by atoms with Crippen molar-refractivity contribution in [3.8, 4) is 5.75 Å². The molecule has 7 heteroatoms. The second kappa shape index (κ2) is 7.35. The van der Waals surface area contributed by atoms with E-state index in [0.717, 1.165) is 28.9 Å². The number of carbonyl (C=O) groups excluding carboxylic acids is 2. The molecule has 1 N–H and O–H groups in total. The number of rotatable bonds is 3. The third kappa shape index (κ3) is 3.21. The average Bonchev–Trinajstić information content (AvgIpc) is 3.46. The second-order valence-electron chi connectivity index (χ2n) is 7.85. The number of hydrogen-bond donors (Lipinski definition) is 1. The van der Waals surface area contributed by atoms with Crippen LogP contribution in [0.3, 0.4) is 0 Å². The zero-order valence-corrected chi connectivity index (χ0v) is 17.8. The van der Waals surface area contributed by atoms with Crippen molar-refractivity contribution in [3.05, 3.63) is 81.9 Å². The number of Topliss-reactive ketones (excluding diaryl/α,β-unsaturated/α-hetero) is 1. The summed E-state index contributed by atoms with van der Waals surface area (Å²) in [6.45, 7) is 3.95. The Kier molecular flexibility index (Phi) is 4.63. The maximum Gasteiger partial charge on any atom is 0.301 e. The number of benzene rings is 2. The summed E-state index contributed by atoms with van der Waals surface area (Å²) >= 11 is 1.27. The number of fused-ring (bicyclic) bond motifs is 1. The number of amides is 1. The molecule has 0 saturated carbocycles. The van der Waals surface area contributed by atoms with E-state index in [0.29, 0.717) is 10.7 Å². The van der Waals surface area contributed by atoms with Crippen LogP contribution < -0.4 is 9.64 Å². The highest BCUT2D eigenvalue weighted by Gasteiger charge is 2.48. The first-order chi connectivity index (χ1) is 14.9. The van der Waals surface area contributed by atoms with Crippen molar-refractivity contribution >= 4 is 33.9 Å². The third-order valence-electron chi connectivity index (χ3n) is 5.63. The number of anilines is 1. The van der Waals surface area contributed by atoms with Crippen molar-refractivity contribution in [2.45, 2.75) is 32.4 Å². The molecule has 1 fully saturated rings. The molecule has 5 rings (SSSR count). The van der Waals surface area contributed by atoms with E-state index in [1.165, 1.54) is 16.2 Å². The topological polar surface area (TPSA) is 79.7 Å². The highest BCUT2D eigenvalue weighted by Crippen LogP contribution is 2.43. The van der Waals surface area contributed by atoms with E-state index >= 15 is 0 Å². The van der Waals surface area contributed by atoms with Gasteiger partial charge in [-0.15, -0.1) is 11.3 Å². The lowest BCUT2D eigenvalue weighted by atomic mass is 9.94. The van der Waals surface area contributed by atoms with Gasteiger partial charge in [0.1, 0.15) is 17.6 Å². The Bertz CT molecular complexity index is 1210. The molecule has 2 aliphatic rings. The van der Waals surface area contributed by atoms with Crippen LogP contribution in [-0.2, 0) is 16.0 Å². The van der Waals surface area contributed by atoms with Crippen molar-refractivity contribution in [1.82, 2.24) is 4.98 Å². The highest BCUT2D eigenvalue weighted by molar-refractivity contribution is 7.14. The Morgan fingerprint density at radius 3 is 2.68 bits per heavy atom. The molecule has 3 heterocycles. The molecule has 0 spiro atoms. The lowest BCUT2D eigenvalue weighted by Gasteiger charge is -2.23. The normalized spacial score (nSPS) is 21.9. The van der Waals surface area contributed by atoms with Crippen molar-refractivity contribution < 1.29 is 19.4 Å². The lowest BCUT2D eigenvalue weighted by Crippen LogP contribution is -2.29. The van der Waals surface area contributed by atoms with Gasteiger partial charge in [-0.05, 0) is 43.2 Å². The molecule has 1 saturated heterocycles. The van der Waals surface area contributed by atoms with E-state index in [2.05, 4.69) is 4.98 Å². The van der Waals surface area contributed by atoms with Gasteiger partial charge in [0.05, 0.1) is 11.6 Å². The summed E-state index contributed by atoms with van der Waals surface area (Å²) in [5.74, 6) is -0.823. The summed E-state index contributed by atoms with van der Waals surface area (Å²) in [6, 6.07) is 12.2. The maximum absolute atomic E-state index is 13.1. The molecular weight excluding hydrogens is 412 g/mol. The van der Waals surface area contributed by atoms with Crippen LogP contribution in [0.2, 0.25) is 0 Å². The number of aliphatic hydroxyl groups excluding tert-OH is 1. The van der Waals surface area contributed by atoms with Gasteiger partial charge >= 0.3 is 5.91 Å². The van der Waals surface area contributed by atoms with E-state index in [4.69, 9.17) is 4.74 Å². The molecule has 2 atom stereocenters. The number of aliphatic hydroxyl groups is 1. The minimum Gasteiger partial charge on any atom is -0.507 e. The first kappa shape index (κ1) is 19.5. The van der Waals surface area contributed by atoms with Crippen LogP contribution in [0.5, 0.6) is 5.75 Å². The van der Waals surface area contributed by atoms with E-state index in [-0.39, 0.29) is 17.4 Å². The molecule has 0 aliphatic carbocycles. The van der Waals surface area contributed by atoms with Gasteiger partial charge in [-0.2, -0.15) is 0 Å². The standard InChI is InChI=1S/C24H20N2O4S/c1-13-3-5-15(6-4-13)20-19(22(28)23(29)26(20)24-25-9-10-31-24)21(27)16-7-8-18-17(12-16)11-14(2)30-18/h3-10,12,14,20,27H,11H2,1-2H3/b21-19+/t14-,20+/m1/s1. The highest BCUT2D eigenvalue weighted by atomic mass is 32.1. The summed E-state index contributed by atoms with van der Waals surface area (Å²) in [6.07, 6.45) is 2.38. The van der Waals surface area contributed by atoms with Crippen LogP contribution in [0.4, 0.5) is 5.13 Å². The summed E-state index contributed by atoms with van der Waals surface area (Å²) in [4.78, 5) is 31.7. The van der Waals surface area contributed by atoms with Gasteiger partial charge in [-0.3, -0.25) is 14.5 Å². The molecule has 0 unspecified atom stereocenters. The van der Waals surface area contributed by atoms with Gasteiger partial charge in [0, 0.05) is 23.6 Å². The monoisotopic (exact) mass is 432 g/mol. The Morgan fingerprint density at radius 2 is 1.97 bits per heavy atom. The number of ketones is 1. The Balaban J connectivity index is 1.68. The fraction of sp³-hybridized carbons (Fsp3) is 0.208. The molecule has 156 valence electrons. The molecule has 31 heavy (non-hydrogen) atoms. The van der Waals surface area contributed by atoms with Crippen molar-refractivity contribution in [2.24, 2.45) is 0 Å². The molecular formula is C24H20N2O4S. The summed E-state index contributed by atoms with van der Waals surface area (Å²) in [5.41, 5.74) is 3.32. The molecule has 3 aromatic rings. The fourth-order valence-corrected chi connectivity index (χ4v) is 4.82. The van der Waals surface area contributed by atoms with Gasteiger partial charge in [0.25, 0.3) is 5.78 Å². The number of aryl methyl sites for hydroxylation is 1. The van der Waals surface area contributed by atoms with Crippen molar-refractivity contribution in [3.63, 3.8) is 0 Å². The summed E-state index contributed by atoms with van der Waals surface area (Å²) in [7, 11) is 0. The Morgan fingerprint density at radius 1 is 1.19 bits per heavy atom. The molecule has 0 bridgehead atoms. The van der Waals surface area contributed by atoms with E-state index < -0.39 is 17.7 Å². The molecule has 0 radical (unpaired) electrons. The number of carbonyl (C=O) groups is 2.